The first-order valence-corrected chi connectivity index (χ1v) is 6.84. The molecule has 1 amide bonds. The summed E-state index contributed by atoms with van der Waals surface area (Å²) in [4.78, 5) is 13.3. The van der Waals surface area contributed by atoms with Crippen molar-refractivity contribution in [2.75, 3.05) is 19.4 Å². The molecule has 2 aromatic carbocycles. The highest BCUT2D eigenvalue weighted by atomic mass is 35.5. The second-order valence-corrected chi connectivity index (χ2v) is 5.27. The SMILES string of the molecule is CN(C)C(=O)c1ccc(NCc2ccc(F)cc2Cl)cc1. The van der Waals surface area contributed by atoms with Crippen LogP contribution in [-0.2, 0) is 6.54 Å². The van der Waals surface area contributed by atoms with E-state index in [4.69, 9.17) is 11.6 Å². The minimum absolute atomic E-state index is 0.0388. The molecule has 0 saturated carbocycles. The predicted molar refractivity (Wildman–Crippen MR) is 83.2 cm³/mol. The Bertz CT molecular complexity index is 641. The molecule has 0 aliphatic heterocycles. The molecule has 0 saturated heterocycles. The van der Waals surface area contributed by atoms with Crippen molar-refractivity contribution in [2.24, 2.45) is 0 Å². The molecule has 0 spiro atoms. The predicted octanol–water partition coefficient (Wildman–Crippen LogP) is 3.79. The number of hydrogen-bond acceptors (Lipinski definition) is 2. The Balaban J connectivity index is 2.02. The Hall–Kier alpha value is -2.07. The lowest BCUT2D eigenvalue weighted by atomic mass is 10.1. The quantitative estimate of drug-likeness (QED) is 0.932. The molecule has 5 heteroatoms. The maximum atomic E-state index is 13.0. The number of rotatable bonds is 4. The summed E-state index contributed by atoms with van der Waals surface area (Å²) < 4.78 is 13.0. The second kappa shape index (κ2) is 6.59. The van der Waals surface area contributed by atoms with Gasteiger partial charge < -0.3 is 10.2 Å². The van der Waals surface area contributed by atoms with Gasteiger partial charge in [0.05, 0.1) is 0 Å². The molecule has 21 heavy (non-hydrogen) atoms. The molecule has 0 aromatic heterocycles. The van der Waals surface area contributed by atoms with Crippen LogP contribution in [0.1, 0.15) is 15.9 Å². The molecule has 0 atom stereocenters. The van der Waals surface area contributed by atoms with Gasteiger partial charge in [0.25, 0.3) is 5.91 Å². The molecule has 0 aliphatic rings. The van der Waals surface area contributed by atoms with Gasteiger partial charge in [0, 0.05) is 36.9 Å². The van der Waals surface area contributed by atoms with Gasteiger partial charge in [-0.2, -0.15) is 0 Å². The normalized spacial score (nSPS) is 10.3. The minimum Gasteiger partial charge on any atom is -0.381 e. The van der Waals surface area contributed by atoms with Crippen molar-refractivity contribution < 1.29 is 9.18 Å². The van der Waals surface area contributed by atoms with Gasteiger partial charge in [-0.05, 0) is 42.0 Å². The Morgan fingerprint density at radius 1 is 1.19 bits per heavy atom. The highest BCUT2D eigenvalue weighted by Gasteiger charge is 2.07. The van der Waals surface area contributed by atoms with E-state index in [0.717, 1.165) is 11.3 Å². The molecule has 0 fully saturated rings. The molecule has 0 aliphatic carbocycles. The molecule has 2 rings (SSSR count). The Morgan fingerprint density at radius 2 is 1.86 bits per heavy atom. The lowest BCUT2D eigenvalue weighted by molar-refractivity contribution is 0.0827. The molecule has 0 heterocycles. The Labute approximate surface area is 128 Å². The van der Waals surface area contributed by atoms with Gasteiger partial charge >= 0.3 is 0 Å². The monoisotopic (exact) mass is 306 g/mol. The first kappa shape index (κ1) is 15.3. The van der Waals surface area contributed by atoms with Crippen molar-refractivity contribution in [3.05, 3.63) is 64.4 Å². The molecular weight excluding hydrogens is 291 g/mol. The van der Waals surface area contributed by atoms with Crippen LogP contribution in [-0.4, -0.2) is 24.9 Å². The standard InChI is InChI=1S/C16H16ClFN2O/c1-20(2)16(21)11-4-7-14(8-5-11)19-10-12-3-6-13(18)9-15(12)17/h3-9,19H,10H2,1-2H3. The van der Waals surface area contributed by atoms with Gasteiger partial charge in [0.1, 0.15) is 5.82 Å². The van der Waals surface area contributed by atoms with Gasteiger partial charge in [-0.3, -0.25) is 4.79 Å². The highest BCUT2D eigenvalue weighted by Crippen LogP contribution is 2.19. The summed E-state index contributed by atoms with van der Waals surface area (Å²) in [6, 6.07) is 11.5. The third-order valence-electron chi connectivity index (χ3n) is 3.04. The summed E-state index contributed by atoms with van der Waals surface area (Å²) in [5, 5.41) is 3.58. The summed E-state index contributed by atoms with van der Waals surface area (Å²) in [5.41, 5.74) is 2.31. The molecule has 1 N–H and O–H groups in total. The largest absolute Gasteiger partial charge is 0.381 e. The highest BCUT2D eigenvalue weighted by molar-refractivity contribution is 6.31. The van der Waals surface area contributed by atoms with Gasteiger partial charge in [-0.15, -0.1) is 0 Å². The maximum absolute atomic E-state index is 13.0. The molecule has 0 radical (unpaired) electrons. The zero-order valence-corrected chi connectivity index (χ0v) is 12.6. The van der Waals surface area contributed by atoms with Crippen LogP contribution in [0, 0.1) is 5.82 Å². The van der Waals surface area contributed by atoms with E-state index < -0.39 is 0 Å². The van der Waals surface area contributed by atoms with E-state index in [9.17, 15) is 9.18 Å². The molecule has 2 aromatic rings. The average molecular weight is 307 g/mol. The van der Waals surface area contributed by atoms with Crippen LogP contribution in [0.3, 0.4) is 0 Å². The van der Waals surface area contributed by atoms with Crippen molar-refractivity contribution in [1.82, 2.24) is 4.90 Å². The average Bonchev–Trinajstić information content (AvgIpc) is 2.46. The Kier molecular flexibility index (Phi) is 4.81. The fraction of sp³-hybridized carbons (Fsp3) is 0.188. The van der Waals surface area contributed by atoms with Crippen molar-refractivity contribution >= 4 is 23.2 Å². The van der Waals surface area contributed by atoms with Crippen LogP contribution in [0.2, 0.25) is 5.02 Å². The van der Waals surface area contributed by atoms with Crippen LogP contribution in [0.25, 0.3) is 0 Å². The van der Waals surface area contributed by atoms with Crippen molar-refractivity contribution in [2.45, 2.75) is 6.54 Å². The number of nitrogens with zero attached hydrogens (tertiary/aromatic N) is 1. The molecular formula is C16H16ClFN2O. The summed E-state index contributed by atoms with van der Waals surface area (Å²) in [7, 11) is 3.43. The van der Waals surface area contributed by atoms with Gasteiger partial charge in [-0.1, -0.05) is 17.7 Å². The van der Waals surface area contributed by atoms with Gasteiger partial charge in [-0.25, -0.2) is 4.39 Å². The number of carbonyl (C=O) groups is 1. The third-order valence-corrected chi connectivity index (χ3v) is 3.39. The van der Waals surface area contributed by atoms with Crippen molar-refractivity contribution in [3.63, 3.8) is 0 Å². The lowest BCUT2D eigenvalue weighted by Crippen LogP contribution is -2.21. The number of nitrogens with one attached hydrogen (secondary N) is 1. The summed E-state index contributed by atoms with van der Waals surface area (Å²) in [5.74, 6) is -0.390. The van der Waals surface area contributed by atoms with Crippen molar-refractivity contribution in [1.29, 1.82) is 0 Å². The molecule has 3 nitrogen and oxygen atoms in total. The number of hydrogen-bond donors (Lipinski definition) is 1. The smallest absolute Gasteiger partial charge is 0.253 e. The van der Waals surface area contributed by atoms with E-state index >= 15 is 0 Å². The second-order valence-electron chi connectivity index (χ2n) is 4.87. The fourth-order valence-corrected chi connectivity index (χ4v) is 2.09. The minimum atomic E-state index is -0.352. The summed E-state index contributed by atoms with van der Waals surface area (Å²) >= 11 is 5.97. The van der Waals surface area contributed by atoms with E-state index in [1.807, 2.05) is 12.1 Å². The molecule has 0 bridgehead atoms. The topological polar surface area (TPSA) is 32.3 Å². The summed E-state index contributed by atoms with van der Waals surface area (Å²) in [6.45, 7) is 0.486. The van der Waals surface area contributed by atoms with Crippen LogP contribution in [0.15, 0.2) is 42.5 Å². The number of halogens is 2. The first-order chi connectivity index (χ1) is 9.97. The maximum Gasteiger partial charge on any atom is 0.253 e. The third kappa shape index (κ3) is 3.95. The fourth-order valence-electron chi connectivity index (χ4n) is 1.85. The zero-order chi connectivity index (χ0) is 15.4. The number of anilines is 1. The zero-order valence-electron chi connectivity index (χ0n) is 11.9. The van der Waals surface area contributed by atoms with E-state index in [1.54, 1.807) is 32.3 Å². The number of carbonyl (C=O) groups excluding carboxylic acids is 1. The van der Waals surface area contributed by atoms with Crippen LogP contribution in [0.5, 0.6) is 0 Å². The van der Waals surface area contributed by atoms with Gasteiger partial charge in [0.15, 0.2) is 0 Å². The molecule has 0 unspecified atom stereocenters. The number of amides is 1. The van der Waals surface area contributed by atoms with Gasteiger partial charge in [0.2, 0.25) is 0 Å². The van der Waals surface area contributed by atoms with E-state index in [1.165, 1.54) is 17.0 Å². The lowest BCUT2D eigenvalue weighted by Gasteiger charge is -2.11. The van der Waals surface area contributed by atoms with E-state index in [0.29, 0.717) is 17.1 Å². The van der Waals surface area contributed by atoms with Crippen LogP contribution >= 0.6 is 11.6 Å². The van der Waals surface area contributed by atoms with E-state index in [-0.39, 0.29) is 11.7 Å². The number of benzene rings is 2. The van der Waals surface area contributed by atoms with Crippen molar-refractivity contribution in [3.8, 4) is 0 Å². The molecule has 110 valence electrons. The van der Waals surface area contributed by atoms with E-state index in [2.05, 4.69) is 5.32 Å². The van der Waals surface area contributed by atoms with Crippen LogP contribution < -0.4 is 5.32 Å². The summed E-state index contributed by atoms with van der Waals surface area (Å²) in [6.07, 6.45) is 0. The van der Waals surface area contributed by atoms with Crippen LogP contribution in [0.4, 0.5) is 10.1 Å². The Morgan fingerprint density at radius 3 is 2.43 bits per heavy atom. The first-order valence-electron chi connectivity index (χ1n) is 6.47.